The summed E-state index contributed by atoms with van der Waals surface area (Å²) in [4.78, 5) is 27.2. The van der Waals surface area contributed by atoms with Gasteiger partial charge in [0, 0.05) is 6.20 Å². The lowest BCUT2D eigenvalue weighted by Crippen LogP contribution is -2.28. The van der Waals surface area contributed by atoms with E-state index < -0.39 is 24.2 Å². The van der Waals surface area contributed by atoms with Crippen LogP contribution in [0.2, 0.25) is 0 Å². The maximum Gasteiger partial charge on any atom is 0.407 e. The predicted molar refractivity (Wildman–Crippen MR) is 85.5 cm³/mol. The van der Waals surface area contributed by atoms with Crippen molar-refractivity contribution >= 4 is 11.9 Å². The lowest BCUT2D eigenvalue weighted by molar-refractivity contribution is -0.130. The zero-order valence-electron chi connectivity index (χ0n) is 13.2. The van der Waals surface area contributed by atoms with Crippen molar-refractivity contribution in [3.8, 4) is 0 Å². The molecule has 3 rings (SSSR count). The molecule has 1 amide bonds. The van der Waals surface area contributed by atoms with Crippen LogP contribution in [0.1, 0.15) is 22.7 Å². The number of halogens is 2. The standard InChI is InChI=1S/C18H16F2N2O3/c19-17(20)16(23)15(14-6-1-2-7-21-14)12-5-3-4-11(8-12)9-13-10-25-18(24)22-13/h1-8,13,15,17H,9-10H2,(H,22,24)/t13-,15?/m0/s1. The van der Waals surface area contributed by atoms with Gasteiger partial charge in [-0.3, -0.25) is 9.78 Å². The molecule has 1 fully saturated rings. The monoisotopic (exact) mass is 346 g/mol. The summed E-state index contributed by atoms with van der Waals surface area (Å²) in [5.74, 6) is -2.32. The molecule has 0 bridgehead atoms. The first-order valence-electron chi connectivity index (χ1n) is 7.79. The Hall–Kier alpha value is -2.83. The van der Waals surface area contributed by atoms with Gasteiger partial charge in [-0.2, -0.15) is 0 Å². The van der Waals surface area contributed by atoms with E-state index in [1.165, 1.54) is 6.20 Å². The Balaban J connectivity index is 1.89. The van der Waals surface area contributed by atoms with Gasteiger partial charge in [0.1, 0.15) is 6.61 Å². The van der Waals surface area contributed by atoms with Gasteiger partial charge in [-0.05, 0) is 29.7 Å². The van der Waals surface area contributed by atoms with E-state index in [4.69, 9.17) is 4.74 Å². The number of pyridine rings is 1. The van der Waals surface area contributed by atoms with Gasteiger partial charge < -0.3 is 10.1 Å². The van der Waals surface area contributed by atoms with Crippen molar-refractivity contribution in [3.05, 3.63) is 65.5 Å². The third-order valence-corrected chi connectivity index (χ3v) is 3.99. The minimum atomic E-state index is -3.09. The number of ether oxygens (including phenoxy) is 1. The predicted octanol–water partition coefficient (Wildman–Crippen LogP) is 2.70. The maximum absolute atomic E-state index is 13.1. The second-order valence-corrected chi connectivity index (χ2v) is 5.78. The van der Waals surface area contributed by atoms with Crippen molar-refractivity contribution < 1.29 is 23.1 Å². The molecule has 0 saturated carbocycles. The van der Waals surface area contributed by atoms with Crippen molar-refractivity contribution in [2.75, 3.05) is 6.61 Å². The van der Waals surface area contributed by atoms with Crippen LogP contribution in [-0.2, 0) is 16.0 Å². The Morgan fingerprint density at radius 1 is 1.28 bits per heavy atom. The lowest BCUT2D eigenvalue weighted by Gasteiger charge is -2.17. The minimum Gasteiger partial charge on any atom is -0.447 e. The van der Waals surface area contributed by atoms with E-state index in [0.717, 1.165) is 5.56 Å². The normalized spacial score (nSPS) is 17.9. The fourth-order valence-corrected chi connectivity index (χ4v) is 2.87. The molecule has 0 aliphatic carbocycles. The summed E-state index contributed by atoms with van der Waals surface area (Å²) in [7, 11) is 0. The fraction of sp³-hybridized carbons (Fsp3) is 0.278. The maximum atomic E-state index is 13.1. The van der Waals surface area contributed by atoms with E-state index in [1.807, 2.05) is 6.07 Å². The van der Waals surface area contributed by atoms with Crippen molar-refractivity contribution in [2.24, 2.45) is 0 Å². The highest BCUT2D eigenvalue weighted by atomic mass is 19.3. The summed E-state index contributed by atoms with van der Waals surface area (Å²) in [6.45, 7) is 0.253. The minimum absolute atomic E-state index is 0.179. The molecule has 1 aromatic heterocycles. The van der Waals surface area contributed by atoms with E-state index in [0.29, 0.717) is 12.0 Å². The third-order valence-electron chi connectivity index (χ3n) is 3.99. The number of rotatable bonds is 6. The van der Waals surface area contributed by atoms with E-state index in [2.05, 4.69) is 10.3 Å². The first kappa shape index (κ1) is 17.0. The van der Waals surface area contributed by atoms with Crippen LogP contribution in [0.15, 0.2) is 48.7 Å². The molecule has 2 heterocycles. The summed E-state index contributed by atoms with van der Waals surface area (Å²) in [5, 5.41) is 2.66. The van der Waals surface area contributed by atoms with Gasteiger partial charge in [-0.15, -0.1) is 0 Å². The molecular formula is C18H16F2N2O3. The number of hydrogen-bond acceptors (Lipinski definition) is 4. The number of benzene rings is 1. The molecular weight excluding hydrogens is 330 g/mol. The van der Waals surface area contributed by atoms with Gasteiger partial charge in [0.2, 0.25) is 5.78 Å². The van der Waals surface area contributed by atoms with Crippen LogP contribution in [0, 0.1) is 0 Å². The second-order valence-electron chi connectivity index (χ2n) is 5.78. The number of aromatic nitrogens is 1. The quantitative estimate of drug-likeness (QED) is 0.873. The average molecular weight is 346 g/mol. The number of carbonyl (C=O) groups excluding carboxylic acids is 2. The number of alkyl carbamates (subject to hydrolysis) is 1. The van der Waals surface area contributed by atoms with Crippen molar-refractivity contribution in [2.45, 2.75) is 24.8 Å². The van der Waals surface area contributed by atoms with Crippen LogP contribution >= 0.6 is 0 Å². The molecule has 1 saturated heterocycles. The van der Waals surface area contributed by atoms with Crippen LogP contribution in [0.5, 0.6) is 0 Å². The number of Topliss-reactive ketones (excluding diaryl/α,β-unsaturated/α-hetero) is 1. The van der Waals surface area contributed by atoms with Crippen molar-refractivity contribution in [1.29, 1.82) is 0 Å². The molecule has 2 atom stereocenters. The summed E-state index contributed by atoms with van der Waals surface area (Å²) in [5.41, 5.74) is 1.55. The van der Waals surface area contributed by atoms with Crippen LogP contribution in [0.4, 0.5) is 13.6 Å². The summed E-state index contributed by atoms with van der Waals surface area (Å²) < 4.78 is 31.0. The Morgan fingerprint density at radius 2 is 2.12 bits per heavy atom. The summed E-state index contributed by atoms with van der Waals surface area (Å²) >= 11 is 0. The van der Waals surface area contributed by atoms with E-state index in [9.17, 15) is 18.4 Å². The number of cyclic esters (lactones) is 1. The third kappa shape index (κ3) is 3.99. The van der Waals surface area contributed by atoms with Crippen LogP contribution in [0.25, 0.3) is 0 Å². The molecule has 25 heavy (non-hydrogen) atoms. The van der Waals surface area contributed by atoms with E-state index in [-0.39, 0.29) is 18.3 Å². The number of hydrogen-bond donors (Lipinski definition) is 1. The average Bonchev–Trinajstić information content (AvgIpc) is 3.01. The first-order valence-corrected chi connectivity index (χ1v) is 7.79. The molecule has 0 spiro atoms. The molecule has 1 aliphatic heterocycles. The molecule has 1 N–H and O–H groups in total. The van der Waals surface area contributed by atoms with Crippen LogP contribution < -0.4 is 5.32 Å². The largest absolute Gasteiger partial charge is 0.447 e. The van der Waals surface area contributed by atoms with Gasteiger partial charge in [0.25, 0.3) is 6.43 Å². The Labute approximate surface area is 143 Å². The molecule has 130 valence electrons. The topological polar surface area (TPSA) is 68.3 Å². The number of nitrogens with zero attached hydrogens (tertiary/aromatic N) is 1. The SMILES string of the molecule is O=C1N[C@@H](Cc2cccc(C(C(=O)C(F)F)c3ccccn3)c2)CO1. The molecule has 1 aromatic carbocycles. The highest BCUT2D eigenvalue weighted by molar-refractivity contribution is 5.91. The van der Waals surface area contributed by atoms with Gasteiger partial charge in [-0.1, -0.05) is 30.3 Å². The number of amides is 1. The highest BCUT2D eigenvalue weighted by Crippen LogP contribution is 2.27. The lowest BCUT2D eigenvalue weighted by atomic mass is 9.89. The van der Waals surface area contributed by atoms with E-state index in [1.54, 1.807) is 36.4 Å². The van der Waals surface area contributed by atoms with Crippen molar-refractivity contribution in [1.82, 2.24) is 10.3 Å². The van der Waals surface area contributed by atoms with Crippen LogP contribution in [0.3, 0.4) is 0 Å². The van der Waals surface area contributed by atoms with E-state index >= 15 is 0 Å². The molecule has 7 heteroatoms. The molecule has 5 nitrogen and oxygen atoms in total. The summed E-state index contributed by atoms with van der Waals surface area (Å²) in [6.07, 6.45) is -1.60. The molecule has 2 aromatic rings. The second kappa shape index (κ2) is 7.38. The van der Waals surface area contributed by atoms with Crippen molar-refractivity contribution in [3.63, 3.8) is 0 Å². The van der Waals surface area contributed by atoms with Gasteiger partial charge >= 0.3 is 6.09 Å². The molecule has 1 aliphatic rings. The van der Waals surface area contributed by atoms with Crippen LogP contribution in [-0.4, -0.2) is 35.9 Å². The smallest absolute Gasteiger partial charge is 0.407 e. The van der Waals surface area contributed by atoms with Gasteiger partial charge in [0.15, 0.2) is 0 Å². The van der Waals surface area contributed by atoms with Gasteiger partial charge in [0.05, 0.1) is 17.7 Å². The Morgan fingerprint density at radius 3 is 2.76 bits per heavy atom. The first-order chi connectivity index (χ1) is 12.0. The Bertz CT molecular complexity index is 768. The number of alkyl halides is 2. The number of carbonyl (C=O) groups is 2. The zero-order valence-corrected chi connectivity index (χ0v) is 13.2. The highest BCUT2D eigenvalue weighted by Gasteiger charge is 2.31. The summed E-state index contributed by atoms with van der Waals surface area (Å²) in [6, 6.07) is 11.5. The van der Waals surface area contributed by atoms with Gasteiger partial charge in [-0.25, -0.2) is 13.6 Å². The number of nitrogens with one attached hydrogen (secondary N) is 1. The Kier molecular flexibility index (Phi) is 5.02. The zero-order chi connectivity index (χ0) is 17.8. The number of ketones is 1. The fourth-order valence-electron chi connectivity index (χ4n) is 2.87. The molecule has 0 radical (unpaired) electrons. The molecule has 1 unspecified atom stereocenters.